The number of Topliss-reactive ketones (excluding diaryl/α,β-unsaturated/α-hetero) is 1. The molecule has 0 unspecified atom stereocenters. The van der Waals surface area contributed by atoms with Gasteiger partial charge in [-0.1, -0.05) is 18.2 Å². The lowest BCUT2D eigenvalue weighted by Crippen LogP contribution is -2.47. The molecule has 0 aliphatic carbocycles. The van der Waals surface area contributed by atoms with Gasteiger partial charge in [-0.05, 0) is 42.0 Å². The number of rotatable bonds is 4. The van der Waals surface area contributed by atoms with Crippen molar-refractivity contribution in [2.45, 2.75) is 0 Å². The number of nitrogens with two attached hydrogens (primary N) is 1. The molecule has 1 fully saturated rings. The summed E-state index contributed by atoms with van der Waals surface area (Å²) in [6, 6.07) is 14.6. The quantitative estimate of drug-likeness (QED) is 0.639. The number of anilines is 2. The van der Waals surface area contributed by atoms with E-state index in [1.807, 2.05) is 30.3 Å². The summed E-state index contributed by atoms with van der Waals surface area (Å²) in [5.74, 6) is 0.285. The first kappa shape index (κ1) is 19.7. The highest BCUT2D eigenvalue weighted by Crippen LogP contribution is 2.35. The van der Waals surface area contributed by atoms with Gasteiger partial charge in [-0.2, -0.15) is 0 Å². The van der Waals surface area contributed by atoms with Crippen LogP contribution in [0.15, 0.2) is 66.7 Å². The number of hydrogen-bond acceptors (Lipinski definition) is 7. The molecule has 0 radical (unpaired) electrons. The van der Waals surface area contributed by atoms with Crippen molar-refractivity contribution >= 4 is 29.4 Å². The SMILES string of the molecule is NC(=O)c1cccc2c1O/C(=C\c1ccc(N3CCN(c4ncccn4)CC3)cc1)C2=O. The van der Waals surface area contributed by atoms with E-state index in [2.05, 4.69) is 19.8 Å². The number of aromatic nitrogens is 2. The summed E-state index contributed by atoms with van der Waals surface area (Å²) < 4.78 is 5.70. The Morgan fingerprint density at radius 2 is 1.62 bits per heavy atom. The monoisotopic (exact) mass is 427 g/mol. The molecule has 2 aliphatic rings. The Labute approximate surface area is 184 Å². The van der Waals surface area contributed by atoms with Gasteiger partial charge in [-0.3, -0.25) is 9.59 Å². The summed E-state index contributed by atoms with van der Waals surface area (Å²) in [6.45, 7) is 3.42. The molecule has 3 heterocycles. The zero-order chi connectivity index (χ0) is 22.1. The lowest BCUT2D eigenvalue weighted by atomic mass is 10.1. The lowest BCUT2D eigenvalue weighted by Gasteiger charge is -2.36. The van der Waals surface area contributed by atoms with Gasteiger partial charge in [0, 0.05) is 44.3 Å². The van der Waals surface area contributed by atoms with E-state index in [4.69, 9.17) is 10.5 Å². The summed E-state index contributed by atoms with van der Waals surface area (Å²) in [4.78, 5) is 37.4. The third-order valence-electron chi connectivity index (χ3n) is 5.63. The van der Waals surface area contributed by atoms with E-state index in [0.717, 1.165) is 43.4 Å². The normalized spacial score (nSPS) is 16.8. The molecule has 0 saturated carbocycles. The second-order valence-corrected chi connectivity index (χ2v) is 7.60. The van der Waals surface area contributed by atoms with Crippen molar-refractivity contribution in [3.63, 3.8) is 0 Å². The third-order valence-corrected chi connectivity index (χ3v) is 5.63. The highest BCUT2D eigenvalue weighted by atomic mass is 16.5. The van der Waals surface area contributed by atoms with Gasteiger partial charge in [0.2, 0.25) is 11.7 Å². The number of piperazine rings is 1. The number of nitrogens with zero attached hydrogens (tertiary/aromatic N) is 4. The van der Waals surface area contributed by atoms with Crippen LogP contribution in [0.3, 0.4) is 0 Å². The maximum atomic E-state index is 12.7. The topological polar surface area (TPSA) is 102 Å². The molecule has 2 aromatic carbocycles. The largest absolute Gasteiger partial charge is 0.452 e. The summed E-state index contributed by atoms with van der Waals surface area (Å²) in [5.41, 5.74) is 7.89. The lowest BCUT2D eigenvalue weighted by molar-refractivity contribution is 0.0991. The predicted octanol–water partition coefficient (Wildman–Crippen LogP) is 2.52. The summed E-state index contributed by atoms with van der Waals surface area (Å²) in [5, 5.41) is 0. The Hall–Kier alpha value is -4.20. The van der Waals surface area contributed by atoms with Crippen LogP contribution in [0.2, 0.25) is 0 Å². The highest BCUT2D eigenvalue weighted by molar-refractivity contribution is 6.16. The summed E-state index contributed by atoms with van der Waals surface area (Å²) in [7, 11) is 0. The Kier molecular flexibility index (Phi) is 5.03. The molecule has 5 rings (SSSR count). The van der Waals surface area contributed by atoms with Gasteiger partial charge in [0.25, 0.3) is 5.91 Å². The van der Waals surface area contributed by atoms with Gasteiger partial charge >= 0.3 is 0 Å². The van der Waals surface area contributed by atoms with E-state index in [9.17, 15) is 9.59 Å². The molecule has 0 bridgehead atoms. The van der Waals surface area contributed by atoms with Crippen molar-refractivity contribution in [3.8, 4) is 5.75 Å². The van der Waals surface area contributed by atoms with E-state index in [1.165, 1.54) is 0 Å². The number of ether oxygens (including phenoxy) is 1. The molecular weight excluding hydrogens is 406 g/mol. The molecular formula is C24H21N5O3. The number of amides is 1. The molecule has 1 aromatic heterocycles. The fourth-order valence-corrected chi connectivity index (χ4v) is 3.96. The average Bonchev–Trinajstić information content (AvgIpc) is 3.15. The van der Waals surface area contributed by atoms with Crippen LogP contribution in [0.1, 0.15) is 26.3 Å². The summed E-state index contributed by atoms with van der Waals surface area (Å²) in [6.07, 6.45) is 5.20. The maximum absolute atomic E-state index is 12.7. The third kappa shape index (κ3) is 3.66. The van der Waals surface area contributed by atoms with Crippen LogP contribution in [0.25, 0.3) is 6.08 Å². The number of allylic oxidation sites excluding steroid dienone is 1. The molecule has 160 valence electrons. The molecule has 3 aromatic rings. The zero-order valence-corrected chi connectivity index (χ0v) is 17.3. The number of para-hydroxylation sites is 1. The van der Waals surface area contributed by atoms with Crippen molar-refractivity contribution in [1.82, 2.24) is 9.97 Å². The van der Waals surface area contributed by atoms with E-state index in [-0.39, 0.29) is 22.9 Å². The number of fused-ring (bicyclic) bond motifs is 1. The van der Waals surface area contributed by atoms with Gasteiger partial charge in [0.05, 0.1) is 11.1 Å². The maximum Gasteiger partial charge on any atom is 0.252 e. The van der Waals surface area contributed by atoms with E-state index in [1.54, 1.807) is 36.7 Å². The van der Waals surface area contributed by atoms with Crippen LogP contribution in [-0.2, 0) is 0 Å². The number of ketones is 1. The second-order valence-electron chi connectivity index (χ2n) is 7.60. The van der Waals surface area contributed by atoms with Gasteiger partial charge in [0.1, 0.15) is 0 Å². The molecule has 0 atom stereocenters. The number of carbonyl (C=O) groups is 2. The summed E-state index contributed by atoms with van der Waals surface area (Å²) >= 11 is 0. The Bertz CT molecular complexity index is 1200. The number of carbonyl (C=O) groups excluding carboxylic acids is 2. The van der Waals surface area contributed by atoms with Crippen molar-refractivity contribution in [2.24, 2.45) is 5.73 Å². The molecule has 0 spiro atoms. The van der Waals surface area contributed by atoms with Gasteiger partial charge in [0.15, 0.2) is 11.5 Å². The Morgan fingerprint density at radius 1 is 0.938 bits per heavy atom. The van der Waals surface area contributed by atoms with E-state index < -0.39 is 5.91 Å². The Morgan fingerprint density at radius 3 is 2.31 bits per heavy atom. The van der Waals surface area contributed by atoms with Crippen LogP contribution < -0.4 is 20.3 Å². The minimum Gasteiger partial charge on any atom is -0.452 e. The number of primary amides is 1. The first-order valence-corrected chi connectivity index (χ1v) is 10.3. The van der Waals surface area contributed by atoms with Crippen molar-refractivity contribution in [3.05, 3.63) is 83.4 Å². The van der Waals surface area contributed by atoms with Crippen LogP contribution >= 0.6 is 0 Å². The minimum atomic E-state index is -0.626. The molecule has 32 heavy (non-hydrogen) atoms. The molecule has 2 N–H and O–H groups in total. The van der Waals surface area contributed by atoms with Crippen LogP contribution in [0.4, 0.5) is 11.6 Å². The van der Waals surface area contributed by atoms with Crippen molar-refractivity contribution in [2.75, 3.05) is 36.0 Å². The minimum absolute atomic E-state index is 0.179. The molecule has 1 amide bonds. The van der Waals surface area contributed by atoms with E-state index in [0.29, 0.717) is 5.56 Å². The van der Waals surface area contributed by atoms with Crippen molar-refractivity contribution in [1.29, 1.82) is 0 Å². The molecule has 2 aliphatic heterocycles. The van der Waals surface area contributed by atoms with Crippen molar-refractivity contribution < 1.29 is 14.3 Å². The smallest absolute Gasteiger partial charge is 0.252 e. The van der Waals surface area contributed by atoms with Crippen LogP contribution in [0.5, 0.6) is 5.75 Å². The standard InChI is InChI=1S/C24H21N5O3/c25-23(31)19-4-1-3-18-21(30)20(32-22(18)19)15-16-5-7-17(8-6-16)28-11-13-29(14-12-28)24-26-9-2-10-27-24/h1-10,15H,11-14H2,(H2,25,31)/b20-15-. The van der Waals surface area contributed by atoms with Crippen LogP contribution in [0, 0.1) is 0 Å². The highest BCUT2D eigenvalue weighted by Gasteiger charge is 2.30. The first-order chi connectivity index (χ1) is 15.6. The predicted molar refractivity (Wildman–Crippen MR) is 121 cm³/mol. The van der Waals surface area contributed by atoms with Gasteiger partial charge in [-0.25, -0.2) is 9.97 Å². The number of benzene rings is 2. The fraction of sp³-hybridized carbons (Fsp3) is 0.167. The van der Waals surface area contributed by atoms with Crippen LogP contribution in [-0.4, -0.2) is 47.8 Å². The first-order valence-electron chi connectivity index (χ1n) is 10.3. The number of hydrogen-bond donors (Lipinski definition) is 1. The average molecular weight is 427 g/mol. The molecule has 8 nitrogen and oxygen atoms in total. The fourth-order valence-electron chi connectivity index (χ4n) is 3.96. The van der Waals surface area contributed by atoms with Gasteiger partial charge in [-0.15, -0.1) is 0 Å². The van der Waals surface area contributed by atoms with Gasteiger partial charge < -0.3 is 20.3 Å². The van der Waals surface area contributed by atoms with E-state index >= 15 is 0 Å². The zero-order valence-electron chi connectivity index (χ0n) is 17.3. The molecule has 1 saturated heterocycles. The Balaban J connectivity index is 1.28. The second kappa shape index (κ2) is 8.14. The molecule has 8 heteroatoms.